The molecule has 0 radical (unpaired) electrons. The quantitative estimate of drug-likeness (QED) is 0.358. The molecule has 1 N–H and O–H groups in total. The third-order valence-corrected chi connectivity index (χ3v) is 5.88. The smallest absolute Gasteiger partial charge is 0.0499 e. The van der Waals surface area contributed by atoms with Gasteiger partial charge in [-0.2, -0.15) is 0 Å². The monoisotopic (exact) mass is 378 g/mol. The Morgan fingerprint density at radius 1 is 0.857 bits per heavy atom. The SMILES string of the molecule is C=C(Nc1ccc2cc(-c3cccc4cnccc34)ccc2c1)c1cccs1. The number of fused-ring (bicyclic) bond motifs is 2. The first-order chi connectivity index (χ1) is 13.8. The normalized spacial score (nSPS) is 11.0. The van der Waals surface area contributed by atoms with Crippen LogP contribution < -0.4 is 5.32 Å². The Balaban J connectivity index is 1.51. The highest BCUT2D eigenvalue weighted by atomic mass is 32.1. The van der Waals surface area contributed by atoms with Crippen LogP contribution in [0.15, 0.2) is 97.1 Å². The average molecular weight is 379 g/mol. The van der Waals surface area contributed by atoms with Crippen molar-refractivity contribution in [3.63, 3.8) is 0 Å². The van der Waals surface area contributed by atoms with E-state index in [1.54, 1.807) is 11.3 Å². The van der Waals surface area contributed by atoms with Crippen LogP contribution in [0.25, 0.3) is 38.4 Å². The van der Waals surface area contributed by atoms with Crippen molar-refractivity contribution in [1.82, 2.24) is 4.98 Å². The number of pyridine rings is 1. The van der Waals surface area contributed by atoms with E-state index >= 15 is 0 Å². The van der Waals surface area contributed by atoms with Gasteiger partial charge in [0, 0.05) is 34.0 Å². The summed E-state index contributed by atoms with van der Waals surface area (Å²) in [5, 5.41) is 10.3. The first-order valence-electron chi connectivity index (χ1n) is 9.15. The van der Waals surface area contributed by atoms with E-state index in [1.807, 2.05) is 18.5 Å². The van der Waals surface area contributed by atoms with Gasteiger partial charge in [0.15, 0.2) is 0 Å². The highest BCUT2D eigenvalue weighted by molar-refractivity contribution is 7.11. The van der Waals surface area contributed by atoms with Gasteiger partial charge < -0.3 is 5.32 Å². The molecule has 2 nitrogen and oxygen atoms in total. The van der Waals surface area contributed by atoms with Gasteiger partial charge in [-0.1, -0.05) is 49.0 Å². The van der Waals surface area contributed by atoms with Crippen molar-refractivity contribution in [2.75, 3.05) is 5.32 Å². The molecule has 0 amide bonds. The van der Waals surface area contributed by atoms with Crippen LogP contribution in [0.4, 0.5) is 5.69 Å². The van der Waals surface area contributed by atoms with Gasteiger partial charge in [-0.15, -0.1) is 11.3 Å². The highest BCUT2D eigenvalue weighted by Gasteiger charge is 2.06. The van der Waals surface area contributed by atoms with Gasteiger partial charge in [-0.05, 0) is 63.0 Å². The van der Waals surface area contributed by atoms with Crippen molar-refractivity contribution >= 4 is 44.3 Å². The van der Waals surface area contributed by atoms with E-state index in [1.165, 1.54) is 27.3 Å². The number of hydrogen-bond acceptors (Lipinski definition) is 3. The van der Waals surface area contributed by atoms with Gasteiger partial charge in [-0.3, -0.25) is 4.98 Å². The summed E-state index contributed by atoms with van der Waals surface area (Å²) in [6.45, 7) is 4.15. The second kappa shape index (κ2) is 6.95. The Bertz CT molecular complexity index is 1300. The van der Waals surface area contributed by atoms with Crippen LogP contribution in [-0.4, -0.2) is 4.98 Å². The predicted molar refractivity (Wildman–Crippen MR) is 122 cm³/mol. The molecule has 0 atom stereocenters. The van der Waals surface area contributed by atoms with Crippen molar-refractivity contribution in [2.24, 2.45) is 0 Å². The molecule has 2 aromatic heterocycles. The Morgan fingerprint density at radius 3 is 2.64 bits per heavy atom. The summed E-state index contributed by atoms with van der Waals surface area (Å²) in [6, 6.07) is 25.6. The predicted octanol–water partition coefficient (Wildman–Crippen LogP) is 7.20. The van der Waals surface area contributed by atoms with E-state index in [0.29, 0.717) is 0 Å². The van der Waals surface area contributed by atoms with E-state index in [0.717, 1.165) is 21.6 Å². The van der Waals surface area contributed by atoms with Crippen LogP contribution in [0, 0.1) is 0 Å². The minimum Gasteiger partial charge on any atom is -0.355 e. The fourth-order valence-corrected chi connectivity index (χ4v) is 4.21. The standard InChI is InChI=1S/C25H18N2S/c1-17(25-6-3-13-28-25)27-22-10-9-18-14-20(8-7-19(18)15-22)23-5-2-4-21-16-26-12-11-24(21)23/h2-16,27H,1H2. The number of benzene rings is 3. The molecule has 0 aliphatic heterocycles. The second-order valence-corrected chi connectivity index (χ2v) is 7.71. The van der Waals surface area contributed by atoms with E-state index in [2.05, 4.69) is 89.0 Å². The zero-order valence-corrected chi connectivity index (χ0v) is 16.0. The van der Waals surface area contributed by atoms with Crippen LogP contribution in [0.5, 0.6) is 0 Å². The molecular weight excluding hydrogens is 360 g/mol. The lowest BCUT2D eigenvalue weighted by molar-refractivity contribution is 1.36. The van der Waals surface area contributed by atoms with Gasteiger partial charge in [0.25, 0.3) is 0 Å². The molecule has 2 heterocycles. The summed E-state index contributed by atoms with van der Waals surface area (Å²) in [7, 11) is 0. The summed E-state index contributed by atoms with van der Waals surface area (Å²) >= 11 is 1.69. The Kier molecular flexibility index (Phi) is 4.15. The van der Waals surface area contributed by atoms with Crippen molar-refractivity contribution in [1.29, 1.82) is 0 Å². The maximum atomic E-state index is 4.24. The van der Waals surface area contributed by atoms with Gasteiger partial charge in [0.05, 0.1) is 0 Å². The molecule has 5 aromatic rings. The molecule has 134 valence electrons. The molecule has 5 rings (SSSR count). The molecule has 0 aliphatic rings. The van der Waals surface area contributed by atoms with Crippen LogP contribution >= 0.6 is 11.3 Å². The molecule has 28 heavy (non-hydrogen) atoms. The van der Waals surface area contributed by atoms with Crippen molar-refractivity contribution < 1.29 is 0 Å². The lowest BCUT2D eigenvalue weighted by atomic mass is 9.97. The Morgan fingerprint density at radius 2 is 1.75 bits per heavy atom. The molecule has 0 unspecified atom stereocenters. The van der Waals surface area contributed by atoms with Crippen LogP contribution in [0.1, 0.15) is 4.88 Å². The Labute approximate surface area is 167 Å². The molecule has 0 bridgehead atoms. The maximum Gasteiger partial charge on any atom is 0.0499 e. The average Bonchev–Trinajstić information content (AvgIpc) is 3.28. The summed E-state index contributed by atoms with van der Waals surface area (Å²) in [4.78, 5) is 5.39. The van der Waals surface area contributed by atoms with Crippen LogP contribution in [-0.2, 0) is 0 Å². The van der Waals surface area contributed by atoms with Crippen molar-refractivity contribution in [2.45, 2.75) is 0 Å². The molecule has 0 spiro atoms. The van der Waals surface area contributed by atoms with E-state index in [9.17, 15) is 0 Å². The van der Waals surface area contributed by atoms with Crippen molar-refractivity contribution in [3.05, 3.63) is 102 Å². The number of aromatic nitrogens is 1. The zero-order valence-electron chi connectivity index (χ0n) is 15.2. The number of nitrogens with one attached hydrogen (secondary N) is 1. The van der Waals surface area contributed by atoms with E-state index < -0.39 is 0 Å². The van der Waals surface area contributed by atoms with Crippen LogP contribution in [0.3, 0.4) is 0 Å². The topological polar surface area (TPSA) is 24.9 Å². The minimum absolute atomic E-state index is 0.926. The van der Waals surface area contributed by atoms with Crippen LogP contribution in [0.2, 0.25) is 0 Å². The summed E-state index contributed by atoms with van der Waals surface area (Å²) < 4.78 is 0. The van der Waals surface area contributed by atoms with Gasteiger partial charge in [0.1, 0.15) is 0 Å². The summed E-state index contributed by atoms with van der Waals surface area (Å²) in [6.07, 6.45) is 3.77. The van der Waals surface area contributed by atoms with Gasteiger partial charge in [-0.25, -0.2) is 0 Å². The third-order valence-electron chi connectivity index (χ3n) is 4.95. The molecule has 0 fully saturated rings. The van der Waals surface area contributed by atoms with E-state index in [-0.39, 0.29) is 0 Å². The van der Waals surface area contributed by atoms with E-state index in [4.69, 9.17) is 0 Å². The highest BCUT2D eigenvalue weighted by Crippen LogP contribution is 2.31. The first-order valence-corrected chi connectivity index (χ1v) is 10.0. The second-order valence-electron chi connectivity index (χ2n) is 6.76. The first kappa shape index (κ1) is 16.7. The number of rotatable bonds is 4. The maximum absolute atomic E-state index is 4.24. The lowest BCUT2D eigenvalue weighted by Gasteiger charge is -2.11. The fraction of sp³-hybridized carbons (Fsp3) is 0. The van der Waals surface area contributed by atoms with Gasteiger partial charge in [0.2, 0.25) is 0 Å². The Hall–Kier alpha value is -3.43. The molecule has 3 heteroatoms. The third kappa shape index (κ3) is 3.06. The minimum atomic E-state index is 0.926. The van der Waals surface area contributed by atoms with Crippen molar-refractivity contribution in [3.8, 4) is 11.1 Å². The number of nitrogens with zero attached hydrogens (tertiary/aromatic N) is 1. The fourth-order valence-electron chi connectivity index (χ4n) is 3.55. The molecule has 0 saturated carbocycles. The largest absolute Gasteiger partial charge is 0.355 e. The van der Waals surface area contributed by atoms with Gasteiger partial charge >= 0.3 is 0 Å². The number of anilines is 1. The number of hydrogen-bond donors (Lipinski definition) is 1. The lowest BCUT2D eigenvalue weighted by Crippen LogP contribution is -1.95. The molecule has 0 saturated heterocycles. The molecule has 3 aromatic carbocycles. The summed E-state index contributed by atoms with van der Waals surface area (Å²) in [5.41, 5.74) is 4.42. The zero-order chi connectivity index (χ0) is 18.9. The molecule has 0 aliphatic carbocycles. The summed E-state index contributed by atoms with van der Waals surface area (Å²) in [5.74, 6) is 0. The number of thiophene rings is 1. The molecular formula is C25H18N2S.